The molecule has 0 aliphatic heterocycles. The molecule has 1 aromatic carbocycles. The molecule has 0 bridgehead atoms. The average Bonchev–Trinajstić information content (AvgIpc) is 2.19. The number of nitrogens with two attached hydrogens (primary N) is 1. The average molecular weight is 236 g/mol. The van der Waals surface area contributed by atoms with Gasteiger partial charge in [-0.1, -0.05) is 6.07 Å². The van der Waals surface area contributed by atoms with Crippen LogP contribution in [-0.2, 0) is 16.6 Å². The normalized spacial score (nSPS) is 14.1. The second-order valence-electron chi connectivity index (χ2n) is 3.98. The van der Waals surface area contributed by atoms with E-state index in [2.05, 4.69) is 6.07 Å². The summed E-state index contributed by atoms with van der Waals surface area (Å²) in [7, 11) is -0.928. The highest BCUT2D eigenvalue weighted by Crippen LogP contribution is 2.13. The van der Waals surface area contributed by atoms with Gasteiger partial charge >= 0.3 is 0 Å². The van der Waals surface area contributed by atoms with Crippen molar-refractivity contribution in [3.8, 4) is 6.07 Å². The first kappa shape index (κ1) is 12.9. The fraction of sp³-hybridized carbons (Fsp3) is 0.417. The van der Waals surface area contributed by atoms with Gasteiger partial charge in [0.1, 0.15) is 0 Å². The fourth-order valence-corrected chi connectivity index (χ4v) is 2.83. The van der Waals surface area contributed by atoms with Gasteiger partial charge in [0.15, 0.2) is 0 Å². The van der Waals surface area contributed by atoms with Crippen molar-refractivity contribution in [3.63, 3.8) is 0 Å². The third-order valence-electron chi connectivity index (χ3n) is 2.24. The minimum atomic E-state index is -0.928. The molecule has 0 saturated carbocycles. The lowest BCUT2D eigenvalue weighted by Gasteiger charge is -2.08. The van der Waals surface area contributed by atoms with E-state index in [9.17, 15) is 4.21 Å². The lowest BCUT2D eigenvalue weighted by Crippen LogP contribution is -2.23. The van der Waals surface area contributed by atoms with Crippen LogP contribution in [0.2, 0.25) is 0 Å². The summed E-state index contributed by atoms with van der Waals surface area (Å²) >= 11 is 0. The van der Waals surface area contributed by atoms with Gasteiger partial charge in [-0.25, -0.2) is 0 Å². The molecule has 0 heterocycles. The zero-order valence-corrected chi connectivity index (χ0v) is 10.4. The van der Waals surface area contributed by atoms with Crippen LogP contribution in [0.1, 0.15) is 23.6 Å². The second-order valence-corrected chi connectivity index (χ2v) is 5.48. The molecule has 1 aromatic rings. The van der Waals surface area contributed by atoms with E-state index in [1.54, 1.807) is 6.07 Å². The van der Waals surface area contributed by atoms with Crippen LogP contribution in [0, 0.1) is 18.3 Å². The van der Waals surface area contributed by atoms with Crippen LogP contribution in [0.25, 0.3) is 0 Å². The van der Waals surface area contributed by atoms with E-state index >= 15 is 0 Å². The lowest BCUT2D eigenvalue weighted by molar-refractivity contribution is 0.676. The molecule has 2 unspecified atom stereocenters. The van der Waals surface area contributed by atoms with Crippen LogP contribution in [0.3, 0.4) is 0 Å². The molecule has 0 saturated heterocycles. The smallest absolute Gasteiger partial charge is 0.0991 e. The molecular weight excluding hydrogens is 220 g/mol. The molecule has 1 rings (SSSR count). The predicted molar refractivity (Wildman–Crippen MR) is 66.3 cm³/mol. The molecule has 0 aromatic heterocycles. The first-order valence-electron chi connectivity index (χ1n) is 5.13. The van der Waals surface area contributed by atoms with Gasteiger partial charge in [0.25, 0.3) is 0 Å². The number of rotatable bonds is 4. The molecule has 86 valence electrons. The monoisotopic (exact) mass is 236 g/mol. The van der Waals surface area contributed by atoms with Crippen molar-refractivity contribution < 1.29 is 4.21 Å². The number of hydrogen-bond acceptors (Lipinski definition) is 3. The van der Waals surface area contributed by atoms with Crippen LogP contribution in [0.15, 0.2) is 18.2 Å². The summed E-state index contributed by atoms with van der Waals surface area (Å²) < 4.78 is 11.7. The van der Waals surface area contributed by atoms with E-state index in [0.29, 0.717) is 17.1 Å². The molecule has 0 fully saturated rings. The number of benzene rings is 1. The highest BCUT2D eigenvalue weighted by molar-refractivity contribution is 7.84. The van der Waals surface area contributed by atoms with Crippen LogP contribution in [0.4, 0.5) is 0 Å². The quantitative estimate of drug-likeness (QED) is 0.860. The summed E-state index contributed by atoms with van der Waals surface area (Å²) in [6, 6.07) is 7.48. The van der Waals surface area contributed by atoms with E-state index in [-0.39, 0.29) is 6.04 Å². The summed E-state index contributed by atoms with van der Waals surface area (Å²) in [5.41, 5.74) is 8.27. The maximum atomic E-state index is 11.7. The minimum Gasteiger partial charge on any atom is -0.327 e. The Kier molecular flexibility index (Phi) is 4.66. The summed E-state index contributed by atoms with van der Waals surface area (Å²) in [5, 5.41) is 8.73. The van der Waals surface area contributed by atoms with Crippen molar-refractivity contribution in [1.82, 2.24) is 0 Å². The third-order valence-corrected chi connectivity index (χ3v) is 3.77. The zero-order chi connectivity index (χ0) is 12.1. The SMILES string of the molecule is Cc1cc(C#N)ccc1CS(=O)CC(C)N. The Morgan fingerprint density at radius 1 is 1.56 bits per heavy atom. The van der Waals surface area contributed by atoms with Crippen molar-refractivity contribution in [3.05, 3.63) is 34.9 Å². The van der Waals surface area contributed by atoms with Crippen LogP contribution >= 0.6 is 0 Å². The lowest BCUT2D eigenvalue weighted by atomic mass is 10.1. The minimum absolute atomic E-state index is 0.0421. The van der Waals surface area contributed by atoms with Gasteiger partial charge in [0.2, 0.25) is 0 Å². The first-order valence-corrected chi connectivity index (χ1v) is 6.62. The van der Waals surface area contributed by atoms with Gasteiger partial charge in [-0.05, 0) is 37.1 Å². The van der Waals surface area contributed by atoms with Gasteiger partial charge in [0, 0.05) is 28.3 Å². The molecule has 3 nitrogen and oxygen atoms in total. The largest absolute Gasteiger partial charge is 0.327 e. The Hall–Kier alpha value is -1.18. The maximum absolute atomic E-state index is 11.7. The van der Waals surface area contributed by atoms with E-state index in [1.165, 1.54) is 0 Å². The highest BCUT2D eigenvalue weighted by atomic mass is 32.2. The van der Waals surface area contributed by atoms with Crippen molar-refractivity contribution in [2.24, 2.45) is 5.73 Å². The van der Waals surface area contributed by atoms with Crippen LogP contribution in [-0.4, -0.2) is 16.0 Å². The molecule has 4 heteroatoms. The van der Waals surface area contributed by atoms with Crippen LogP contribution in [0.5, 0.6) is 0 Å². The van der Waals surface area contributed by atoms with E-state index < -0.39 is 10.8 Å². The molecule has 2 N–H and O–H groups in total. The van der Waals surface area contributed by atoms with E-state index in [4.69, 9.17) is 11.0 Å². The van der Waals surface area contributed by atoms with Gasteiger partial charge in [0.05, 0.1) is 11.6 Å². The van der Waals surface area contributed by atoms with Gasteiger partial charge in [-0.3, -0.25) is 4.21 Å². The maximum Gasteiger partial charge on any atom is 0.0991 e. The van der Waals surface area contributed by atoms with Gasteiger partial charge in [-0.15, -0.1) is 0 Å². The summed E-state index contributed by atoms with van der Waals surface area (Å²) in [6.07, 6.45) is 0. The molecule has 0 amide bonds. The Balaban J connectivity index is 2.75. The first-order chi connectivity index (χ1) is 7.52. The third kappa shape index (κ3) is 3.76. The summed E-state index contributed by atoms with van der Waals surface area (Å²) in [4.78, 5) is 0. The fourth-order valence-electron chi connectivity index (χ4n) is 1.45. The molecule has 2 atom stereocenters. The van der Waals surface area contributed by atoms with Gasteiger partial charge in [-0.2, -0.15) is 5.26 Å². The highest BCUT2D eigenvalue weighted by Gasteiger charge is 2.07. The zero-order valence-electron chi connectivity index (χ0n) is 9.56. The molecular formula is C12H16N2OS. The number of nitriles is 1. The Morgan fingerprint density at radius 2 is 2.25 bits per heavy atom. The molecule has 0 spiro atoms. The van der Waals surface area contributed by atoms with Gasteiger partial charge < -0.3 is 5.73 Å². The number of hydrogen-bond donors (Lipinski definition) is 1. The van der Waals surface area contributed by atoms with E-state index in [0.717, 1.165) is 11.1 Å². The number of nitrogens with zero attached hydrogens (tertiary/aromatic N) is 1. The van der Waals surface area contributed by atoms with Crippen molar-refractivity contribution in [2.45, 2.75) is 25.6 Å². The van der Waals surface area contributed by atoms with E-state index in [1.807, 2.05) is 26.0 Å². The van der Waals surface area contributed by atoms with Crippen molar-refractivity contribution >= 4 is 10.8 Å². The predicted octanol–water partition coefficient (Wildman–Crippen LogP) is 1.46. The standard InChI is InChI=1S/C12H16N2OS/c1-9-5-11(6-13)3-4-12(9)8-16(15)7-10(2)14/h3-5,10H,7-8,14H2,1-2H3. The molecule has 0 aliphatic carbocycles. The Labute approximate surface area is 98.7 Å². The second kappa shape index (κ2) is 5.78. The Morgan fingerprint density at radius 3 is 2.75 bits per heavy atom. The van der Waals surface area contributed by atoms with Crippen LogP contribution < -0.4 is 5.73 Å². The summed E-state index contributed by atoms with van der Waals surface area (Å²) in [6.45, 7) is 3.78. The molecule has 0 radical (unpaired) electrons. The van der Waals surface area contributed by atoms with Crippen molar-refractivity contribution in [1.29, 1.82) is 5.26 Å². The summed E-state index contributed by atoms with van der Waals surface area (Å²) in [5.74, 6) is 1.03. The Bertz CT molecular complexity index is 435. The topological polar surface area (TPSA) is 66.9 Å². The number of aryl methyl sites for hydroxylation is 1. The molecule has 0 aliphatic rings. The van der Waals surface area contributed by atoms with Crippen molar-refractivity contribution in [2.75, 3.05) is 5.75 Å². The molecule has 16 heavy (non-hydrogen) atoms.